The van der Waals surface area contributed by atoms with E-state index < -0.39 is 0 Å². The van der Waals surface area contributed by atoms with Crippen LogP contribution in [-0.4, -0.2) is 29.3 Å². The zero-order valence-electron chi connectivity index (χ0n) is 14.7. The molecule has 0 aliphatic heterocycles. The van der Waals surface area contributed by atoms with Crippen LogP contribution in [0.25, 0.3) is 11.1 Å². The van der Waals surface area contributed by atoms with Crippen LogP contribution in [0.15, 0.2) is 40.9 Å². The summed E-state index contributed by atoms with van der Waals surface area (Å²) < 4.78 is 11.8. The van der Waals surface area contributed by atoms with Crippen LogP contribution < -0.4 is 9.64 Å². The minimum atomic E-state index is 0.333. The number of oxazole rings is 1. The van der Waals surface area contributed by atoms with Crippen molar-refractivity contribution in [3.63, 3.8) is 0 Å². The molecule has 6 nitrogen and oxygen atoms in total. The summed E-state index contributed by atoms with van der Waals surface area (Å²) in [4.78, 5) is 21.5. The Kier molecular flexibility index (Phi) is 4.56. The average Bonchev–Trinajstić information content (AvgIpc) is 3.11. The Hall–Kier alpha value is -2.89. The first-order chi connectivity index (χ1) is 12.7. The first kappa shape index (κ1) is 16.6. The second-order valence-corrected chi connectivity index (χ2v) is 6.67. The summed E-state index contributed by atoms with van der Waals surface area (Å²) >= 11 is 0. The van der Waals surface area contributed by atoms with Gasteiger partial charge < -0.3 is 14.1 Å². The molecule has 6 heteroatoms. The Labute approximate surface area is 151 Å². The summed E-state index contributed by atoms with van der Waals surface area (Å²) in [6.45, 7) is 0. The molecule has 1 fully saturated rings. The number of anilines is 1. The molecule has 0 N–H and O–H groups in total. The van der Waals surface area contributed by atoms with Gasteiger partial charge in [-0.3, -0.25) is 9.78 Å². The second-order valence-electron chi connectivity index (χ2n) is 6.67. The van der Waals surface area contributed by atoms with E-state index >= 15 is 0 Å². The van der Waals surface area contributed by atoms with Gasteiger partial charge in [0.05, 0.1) is 0 Å². The predicted octanol–water partition coefficient (Wildman–Crippen LogP) is 4.60. The van der Waals surface area contributed by atoms with Gasteiger partial charge in [-0.1, -0.05) is 19.3 Å². The van der Waals surface area contributed by atoms with Crippen molar-refractivity contribution in [2.75, 3.05) is 11.9 Å². The Balaban J connectivity index is 1.56. The molecule has 134 valence electrons. The highest BCUT2D eigenvalue weighted by molar-refractivity contribution is 5.76. The third kappa shape index (κ3) is 3.40. The second kappa shape index (κ2) is 7.15. The summed E-state index contributed by atoms with van der Waals surface area (Å²) in [5, 5.41) is 0. The minimum absolute atomic E-state index is 0.333. The van der Waals surface area contributed by atoms with Crippen molar-refractivity contribution in [3.05, 3.63) is 42.2 Å². The topological polar surface area (TPSA) is 68.5 Å². The van der Waals surface area contributed by atoms with E-state index in [-0.39, 0.29) is 0 Å². The molecule has 26 heavy (non-hydrogen) atoms. The van der Waals surface area contributed by atoms with Crippen molar-refractivity contribution >= 4 is 23.4 Å². The largest absolute Gasteiger partial charge is 0.457 e. The molecule has 1 aromatic carbocycles. The smallest absolute Gasteiger partial charge is 0.298 e. The molecule has 4 rings (SSSR count). The van der Waals surface area contributed by atoms with E-state index in [1.165, 1.54) is 32.1 Å². The highest BCUT2D eigenvalue weighted by atomic mass is 16.5. The molecule has 0 spiro atoms. The van der Waals surface area contributed by atoms with Crippen molar-refractivity contribution in [1.29, 1.82) is 0 Å². The fraction of sp³-hybridized carbons (Fsp3) is 0.350. The molecule has 2 aromatic heterocycles. The van der Waals surface area contributed by atoms with Gasteiger partial charge in [0.1, 0.15) is 22.7 Å². The third-order valence-corrected chi connectivity index (χ3v) is 4.88. The average molecular weight is 351 g/mol. The molecule has 1 saturated carbocycles. The van der Waals surface area contributed by atoms with Gasteiger partial charge in [0.25, 0.3) is 6.01 Å². The lowest BCUT2D eigenvalue weighted by molar-refractivity contribution is 0.111. The normalized spacial score (nSPS) is 15.1. The van der Waals surface area contributed by atoms with Crippen molar-refractivity contribution in [3.8, 4) is 11.5 Å². The fourth-order valence-electron chi connectivity index (χ4n) is 3.42. The Morgan fingerprint density at radius 2 is 1.96 bits per heavy atom. The summed E-state index contributed by atoms with van der Waals surface area (Å²) in [7, 11) is 2.05. The van der Waals surface area contributed by atoms with E-state index in [0.717, 1.165) is 5.52 Å². The monoisotopic (exact) mass is 351 g/mol. The molecule has 0 saturated heterocycles. The molecule has 0 unspecified atom stereocenters. The van der Waals surface area contributed by atoms with Gasteiger partial charge >= 0.3 is 0 Å². The van der Waals surface area contributed by atoms with E-state index in [1.54, 1.807) is 18.3 Å². The van der Waals surface area contributed by atoms with Crippen molar-refractivity contribution in [2.24, 2.45) is 0 Å². The van der Waals surface area contributed by atoms with Crippen LogP contribution in [0.1, 0.15) is 42.6 Å². The fourth-order valence-corrected chi connectivity index (χ4v) is 3.42. The van der Waals surface area contributed by atoms with Crippen molar-refractivity contribution < 1.29 is 13.9 Å². The van der Waals surface area contributed by atoms with E-state index in [0.29, 0.717) is 41.1 Å². The lowest BCUT2D eigenvalue weighted by atomic mass is 9.95. The summed E-state index contributed by atoms with van der Waals surface area (Å²) in [5.74, 6) is 1.18. The lowest BCUT2D eigenvalue weighted by Gasteiger charge is -2.29. The van der Waals surface area contributed by atoms with Crippen LogP contribution in [0.2, 0.25) is 0 Å². The maximum Gasteiger partial charge on any atom is 0.298 e. The number of aldehydes is 1. The number of pyridine rings is 1. The van der Waals surface area contributed by atoms with Crippen molar-refractivity contribution in [1.82, 2.24) is 9.97 Å². The molecule has 1 aliphatic carbocycles. The van der Waals surface area contributed by atoms with Gasteiger partial charge in [-0.2, -0.15) is 4.98 Å². The van der Waals surface area contributed by atoms with Crippen LogP contribution in [0.4, 0.5) is 6.01 Å². The predicted molar refractivity (Wildman–Crippen MR) is 99.0 cm³/mol. The zero-order valence-corrected chi connectivity index (χ0v) is 14.7. The number of ether oxygens (including phenoxy) is 1. The molecular weight excluding hydrogens is 330 g/mol. The number of rotatable bonds is 5. The molecule has 0 radical (unpaired) electrons. The van der Waals surface area contributed by atoms with Gasteiger partial charge in [-0.15, -0.1) is 0 Å². The lowest BCUT2D eigenvalue weighted by Crippen LogP contribution is -2.33. The number of nitrogens with zero attached hydrogens (tertiary/aromatic N) is 3. The third-order valence-electron chi connectivity index (χ3n) is 4.88. The highest BCUT2D eigenvalue weighted by Gasteiger charge is 2.22. The van der Waals surface area contributed by atoms with E-state index in [9.17, 15) is 4.79 Å². The summed E-state index contributed by atoms with van der Waals surface area (Å²) in [6, 6.07) is 9.99. The number of fused-ring (bicyclic) bond motifs is 1. The molecular formula is C20H21N3O3. The van der Waals surface area contributed by atoms with Gasteiger partial charge in [-0.05, 0) is 31.0 Å². The molecule has 0 amide bonds. The number of hydrogen-bond acceptors (Lipinski definition) is 6. The molecule has 2 heterocycles. The van der Waals surface area contributed by atoms with Gasteiger partial charge in [0.15, 0.2) is 11.9 Å². The Morgan fingerprint density at radius 3 is 2.77 bits per heavy atom. The summed E-state index contributed by atoms with van der Waals surface area (Å²) in [5.41, 5.74) is 1.82. The maximum atomic E-state index is 10.8. The van der Waals surface area contributed by atoms with E-state index in [1.807, 2.05) is 18.2 Å². The van der Waals surface area contributed by atoms with Crippen LogP contribution in [0, 0.1) is 0 Å². The van der Waals surface area contributed by atoms with E-state index in [4.69, 9.17) is 9.15 Å². The standard InChI is InChI=1S/C20H21N3O3/c1-23(15-5-3-2-4-6-15)20-22-18-8-7-16(12-19(18)26-20)25-17-9-10-21-14(11-17)13-24/h7-13,15H,2-6H2,1H3. The zero-order chi connectivity index (χ0) is 17.9. The highest BCUT2D eigenvalue weighted by Crippen LogP contribution is 2.31. The Bertz CT molecular complexity index is 916. The quantitative estimate of drug-likeness (QED) is 0.626. The molecule has 0 atom stereocenters. The van der Waals surface area contributed by atoms with Crippen LogP contribution >= 0.6 is 0 Å². The van der Waals surface area contributed by atoms with E-state index in [2.05, 4.69) is 21.9 Å². The first-order valence-corrected chi connectivity index (χ1v) is 8.95. The number of carbonyl (C=O) groups excluding carboxylic acids is 1. The minimum Gasteiger partial charge on any atom is -0.457 e. The van der Waals surface area contributed by atoms with Crippen LogP contribution in [0.3, 0.4) is 0 Å². The first-order valence-electron chi connectivity index (χ1n) is 8.95. The molecule has 1 aliphatic rings. The Morgan fingerprint density at radius 1 is 1.15 bits per heavy atom. The van der Waals surface area contributed by atoms with Gasteiger partial charge in [-0.25, -0.2) is 0 Å². The molecule has 3 aromatic rings. The number of hydrogen-bond donors (Lipinski definition) is 0. The SMILES string of the molecule is CN(c1nc2ccc(Oc3ccnc(C=O)c3)cc2o1)C1CCCCC1. The maximum absolute atomic E-state index is 10.8. The van der Waals surface area contributed by atoms with Crippen LogP contribution in [-0.2, 0) is 0 Å². The van der Waals surface area contributed by atoms with Crippen molar-refractivity contribution in [2.45, 2.75) is 38.1 Å². The summed E-state index contributed by atoms with van der Waals surface area (Å²) in [6.07, 6.45) is 8.46. The number of benzene rings is 1. The molecule has 0 bridgehead atoms. The van der Waals surface area contributed by atoms with Gasteiger partial charge in [0, 0.05) is 31.4 Å². The number of aromatic nitrogens is 2. The number of carbonyl (C=O) groups is 1. The van der Waals surface area contributed by atoms with Crippen LogP contribution in [0.5, 0.6) is 11.5 Å². The van der Waals surface area contributed by atoms with Gasteiger partial charge in [0.2, 0.25) is 0 Å².